The van der Waals surface area contributed by atoms with Crippen molar-refractivity contribution in [1.82, 2.24) is 20.1 Å². The van der Waals surface area contributed by atoms with E-state index in [2.05, 4.69) is 15.4 Å². The van der Waals surface area contributed by atoms with Crippen molar-refractivity contribution in [2.45, 2.75) is 32.7 Å². The van der Waals surface area contributed by atoms with Gasteiger partial charge in [-0.25, -0.2) is 0 Å². The molecule has 6 heteroatoms. The zero-order valence-electron chi connectivity index (χ0n) is 13.0. The average Bonchev–Trinajstić information content (AvgIpc) is 3.13. The zero-order valence-corrected chi connectivity index (χ0v) is 13.0. The lowest BCUT2D eigenvalue weighted by molar-refractivity contribution is -0.122. The first kappa shape index (κ1) is 14.6. The topological polar surface area (TPSA) is 79.8 Å². The van der Waals surface area contributed by atoms with Gasteiger partial charge in [-0.1, -0.05) is 0 Å². The summed E-state index contributed by atoms with van der Waals surface area (Å²) in [4.78, 5) is 26.9. The van der Waals surface area contributed by atoms with Gasteiger partial charge in [0.2, 0.25) is 5.91 Å². The molecular weight excluding hydrogens is 280 g/mol. The molecular formula is C16H20N4O2. The lowest BCUT2D eigenvalue weighted by Gasteiger charge is -2.08. The number of aryl methyl sites for hydroxylation is 3. The van der Waals surface area contributed by atoms with Crippen molar-refractivity contribution >= 4 is 5.91 Å². The van der Waals surface area contributed by atoms with Gasteiger partial charge in [-0.2, -0.15) is 5.10 Å². The highest BCUT2D eigenvalue weighted by Gasteiger charge is 2.44. The number of rotatable bonds is 4. The number of nitrogens with one attached hydrogen (secondary N) is 2. The fourth-order valence-electron chi connectivity index (χ4n) is 2.89. The molecule has 2 aromatic rings. The van der Waals surface area contributed by atoms with E-state index in [-0.39, 0.29) is 29.8 Å². The number of pyridine rings is 1. The summed E-state index contributed by atoms with van der Waals surface area (Å²) in [6, 6.07) is 1.92. The Morgan fingerprint density at radius 3 is 2.91 bits per heavy atom. The maximum absolute atomic E-state index is 12.2. The second-order valence-electron chi connectivity index (χ2n) is 6.06. The number of carbonyl (C=O) groups is 1. The predicted molar refractivity (Wildman–Crippen MR) is 82.4 cm³/mol. The second-order valence-corrected chi connectivity index (χ2v) is 6.06. The summed E-state index contributed by atoms with van der Waals surface area (Å²) in [7, 11) is 1.87. The van der Waals surface area contributed by atoms with Crippen LogP contribution >= 0.6 is 0 Å². The molecule has 3 rings (SSSR count). The molecule has 1 fully saturated rings. The van der Waals surface area contributed by atoms with Gasteiger partial charge in [-0.15, -0.1) is 0 Å². The Morgan fingerprint density at radius 2 is 2.27 bits per heavy atom. The Morgan fingerprint density at radius 1 is 1.50 bits per heavy atom. The molecule has 2 atom stereocenters. The summed E-state index contributed by atoms with van der Waals surface area (Å²) in [6.07, 6.45) is 4.61. The SMILES string of the molecule is Cc1cc(C)c(CNC(=O)[C@H]2C[C@H]2c2cnn(C)c2)c(=O)[nH]1. The Balaban J connectivity index is 1.61. The van der Waals surface area contributed by atoms with Crippen molar-refractivity contribution in [3.8, 4) is 0 Å². The minimum absolute atomic E-state index is 0.00552. The van der Waals surface area contributed by atoms with Crippen LogP contribution in [-0.2, 0) is 18.4 Å². The van der Waals surface area contributed by atoms with Gasteiger partial charge in [-0.05, 0) is 43.4 Å². The van der Waals surface area contributed by atoms with E-state index in [0.717, 1.165) is 23.2 Å². The number of H-pyrrole nitrogens is 1. The number of aromatic amines is 1. The average molecular weight is 300 g/mol. The standard InChI is InChI=1S/C16H20N4O2/c1-9-4-10(2)19-16(22)14(9)7-17-15(21)13-5-12(13)11-6-18-20(3)8-11/h4,6,8,12-13H,5,7H2,1-3H3,(H,17,21)(H,19,22)/t12-,13-/m0/s1. The minimum Gasteiger partial charge on any atom is -0.352 e. The smallest absolute Gasteiger partial charge is 0.253 e. The normalized spacial score (nSPS) is 20.0. The molecule has 1 saturated carbocycles. The summed E-state index contributed by atoms with van der Waals surface area (Å²) < 4.78 is 1.75. The van der Waals surface area contributed by atoms with Crippen LogP contribution in [0.25, 0.3) is 0 Å². The van der Waals surface area contributed by atoms with E-state index in [9.17, 15) is 9.59 Å². The maximum atomic E-state index is 12.2. The highest BCUT2D eigenvalue weighted by Crippen LogP contribution is 2.47. The van der Waals surface area contributed by atoms with Crippen molar-refractivity contribution in [2.75, 3.05) is 0 Å². The molecule has 22 heavy (non-hydrogen) atoms. The Labute approximate surface area is 128 Å². The van der Waals surface area contributed by atoms with Crippen molar-refractivity contribution in [1.29, 1.82) is 0 Å². The van der Waals surface area contributed by atoms with Gasteiger partial charge in [0.15, 0.2) is 0 Å². The van der Waals surface area contributed by atoms with E-state index < -0.39 is 0 Å². The first-order valence-electron chi connectivity index (χ1n) is 7.41. The number of aromatic nitrogens is 3. The molecule has 0 saturated heterocycles. The third-order valence-corrected chi connectivity index (χ3v) is 4.21. The number of amides is 1. The molecule has 1 amide bonds. The quantitative estimate of drug-likeness (QED) is 0.889. The molecule has 1 aliphatic rings. The molecule has 0 aliphatic heterocycles. The molecule has 2 heterocycles. The van der Waals surface area contributed by atoms with Crippen LogP contribution in [0.15, 0.2) is 23.3 Å². The highest BCUT2D eigenvalue weighted by molar-refractivity contribution is 5.82. The zero-order chi connectivity index (χ0) is 15.9. The maximum Gasteiger partial charge on any atom is 0.253 e. The molecule has 116 valence electrons. The van der Waals surface area contributed by atoms with E-state index in [0.29, 0.717) is 5.56 Å². The third kappa shape index (κ3) is 2.81. The van der Waals surface area contributed by atoms with E-state index in [1.807, 2.05) is 39.4 Å². The number of hydrogen-bond acceptors (Lipinski definition) is 3. The van der Waals surface area contributed by atoms with Crippen molar-refractivity contribution in [3.05, 3.63) is 51.2 Å². The lowest BCUT2D eigenvalue weighted by atomic mass is 10.1. The van der Waals surface area contributed by atoms with E-state index in [1.54, 1.807) is 4.68 Å². The van der Waals surface area contributed by atoms with Crippen molar-refractivity contribution < 1.29 is 4.79 Å². The summed E-state index contributed by atoms with van der Waals surface area (Å²) in [6.45, 7) is 4.01. The molecule has 0 spiro atoms. The van der Waals surface area contributed by atoms with Crippen LogP contribution < -0.4 is 10.9 Å². The molecule has 2 N–H and O–H groups in total. The first-order valence-corrected chi connectivity index (χ1v) is 7.41. The largest absolute Gasteiger partial charge is 0.352 e. The van der Waals surface area contributed by atoms with Gasteiger partial charge in [0, 0.05) is 37.0 Å². The Kier molecular flexibility index (Phi) is 3.60. The summed E-state index contributed by atoms with van der Waals surface area (Å²) >= 11 is 0. The van der Waals surface area contributed by atoms with Gasteiger partial charge >= 0.3 is 0 Å². The second kappa shape index (κ2) is 5.44. The fraction of sp³-hybridized carbons (Fsp3) is 0.438. The predicted octanol–water partition coefficient (Wildman–Crippen LogP) is 1.15. The van der Waals surface area contributed by atoms with Gasteiger partial charge in [0.05, 0.1) is 6.20 Å². The fourth-order valence-corrected chi connectivity index (χ4v) is 2.89. The van der Waals surface area contributed by atoms with Gasteiger partial charge < -0.3 is 10.3 Å². The van der Waals surface area contributed by atoms with Gasteiger partial charge in [0.1, 0.15) is 0 Å². The number of hydrogen-bond donors (Lipinski definition) is 2. The van der Waals surface area contributed by atoms with Crippen LogP contribution in [0.5, 0.6) is 0 Å². The summed E-state index contributed by atoms with van der Waals surface area (Å²) in [5.74, 6) is 0.258. The van der Waals surface area contributed by atoms with E-state index in [4.69, 9.17) is 0 Å². The third-order valence-electron chi connectivity index (χ3n) is 4.21. The molecule has 0 aromatic carbocycles. The Bertz CT molecular complexity index is 775. The molecule has 2 aromatic heterocycles. The van der Waals surface area contributed by atoms with E-state index >= 15 is 0 Å². The molecule has 0 radical (unpaired) electrons. The van der Waals surface area contributed by atoms with Crippen LogP contribution in [0.3, 0.4) is 0 Å². The molecule has 0 bridgehead atoms. The lowest BCUT2D eigenvalue weighted by Crippen LogP contribution is -2.29. The van der Waals surface area contributed by atoms with Crippen molar-refractivity contribution in [3.63, 3.8) is 0 Å². The summed E-state index contributed by atoms with van der Waals surface area (Å²) in [5.41, 5.74) is 3.33. The monoisotopic (exact) mass is 300 g/mol. The van der Waals surface area contributed by atoms with Gasteiger partial charge in [0.25, 0.3) is 5.56 Å². The minimum atomic E-state index is -0.127. The van der Waals surface area contributed by atoms with Crippen LogP contribution in [0, 0.1) is 19.8 Å². The summed E-state index contributed by atoms with van der Waals surface area (Å²) in [5, 5.41) is 7.02. The number of nitrogens with zero attached hydrogens (tertiary/aromatic N) is 2. The first-order chi connectivity index (χ1) is 10.5. The highest BCUT2D eigenvalue weighted by atomic mass is 16.2. The number of carbonyl (C=O) groups excluding carboxylic acids is 1. The van der Waals surface area contributed by atoms with Gasteiger partial charge in [-0.3, -0.25) is 14.3 Å². The van der Waals surface area contributed by atoms with Crippen LogP contribution in [0.2, 0.25) is 0 Å². The van der Waals surface area contributed by atoms with Crippen LogP contribution in [-0.4, -0.2) is 20.7 Å². The van der Waals surface area contributed by atoms with Crippen molar-refractivity contribution in [2.24, 2.45) is 13.0 Å². The van der Waals surface area contributed by atoms with Crippen LogP contribution in [0.1, 0.15) is 34.7 Å². The molecule has 0 unspecified atom stereocenters. The molecule has 1 aliphatic carbocycles. The van der Waals surface area contributed by atoms with Crippen LogP contribution in [0.4, 0.5) is 0 Å². The molecule has 6 nitrogen and oxygen atoms in total. The Hall–Kier alpha value is -2.37. The van der Waals surface area contributed by atoms with E-state index in [1.165, 1.54) is 0 Å².